The van der Waals surface area contributed by atoms with Gasteiger partial charge < -0.3 is 33.8 Å². The van der Waals surface area contributed by atoms with Gasteiger partial charge in [0.1, 0.15) is 19.3 Å². The van der Waals surface area contributed by atoms with Crippen molar-refractivity contribution >= 4 is 39.5 Å². The predicted octanol–water partition coefficient (Wildman–Crippen LogP) is 27.2. The molecule has 0 aromatic carbocycles. The molecule has 0 amide bonds. The number of rotatable bonds is 88. The van der Waals surface area contributed by atoms with Gasteiger partial charge >= 0.3 is 39.5 Å². The lowest BCUT2D eigenvalue weighted by Crippen LogP contribution is -2.30. The zero-order valence-electron chi connectivity index (χ0n) is 70.3. The van der Waals surface area contributed by atoms with E-state index in [0.29, 0.717) is 25.7 Å². The molecule has 0 aliphatic carbocycles. The number of unbranched alkanes of at least 4 members (excludes halogenated alkanes) is 59. The quantitative estimate of drug-likeness (QED) is 0.0222. The highest BCUT2D eigenvalue weighted by Gasteiger charge is 2.30. The molecule has 0 bridgehead atoms. The number of carbonyl (C=O) groups is 4. The van der Waals surface area contributed by atoms with Crippen LogP contribution in [0, 0.1) is 5.92 Å². The van der Waals surface area contributed by atoms with Gasteiger partial charge in [-0.05, 0) is 31.6 Å². The Balaban J connectivity index is 5.22. The summed E-state index contributed by atoms with van der Waals surface area (Å²) >= 11 is 0. The Morgan fingerprint density at radius 1 is 0.262 bits per heavy atom. The molecule has 0 spiro atoms. The topological polar surface area (TPSA) is 237 Å². The normalized spacial score (nSPS) is 14.0. The number of carbonyl (C=O) groups excluding carboxylic acids is 4. The second-order valence-corrected chi connectivity index (χ2v) is 34.8. The van der Waals surface area contributed by atoms with Crippen LogP contribution in [-0.2, 0) is 65.4 Å². The minimum atomic E-state index is -4.97. The predicted molar refractivity (Wildman–Crippen MR) is 442 cm³/mol. The summed E-state index contributed by atoms with van der Waals surface area (Å²) in [5.74, 6) is -1.37. The summed E-state index contributed by atoms with van der Waals surface area (Å²) in [5, 5.41) is 10.7. The fraction of sp³-hybridized carbons (Fsp3) is 0.955. The lowest BCUT2D eigenvalue weighted by molar-refractivity contribution is -0.161. The average molecular weight is 1560 g/mol. The van der Waals surface area contributed by atoms with Crippen molar-refractivity contribution in [1.82, 2.24) is 0 Å². The average Bonchev–Trinajstić information content (AvgIpc) is 0.904. The standard InChI is InChI=1S/C88H172O17P2/c1-6-10-13-16-19-22-25-28-31-34-36-38-40-42-45-48-51-54-57-64-69-73-87(92)104-83(77-98-85(90)71-66-61-55-52-49-46-44-41-39-37-35-32-29-26-23-20-17-14-11-7-2)79-102-106(94,95)100-75-82(89)76-101-107(96,97)103-80-84(78-99-86(91)72-67-62-59-58-60-65-70-81(5)9-4)105-88(93)74-68-63-56-53-50-47-43-33-30-27-24-21-18-15-12-8-3/h81-84,89H,6-80H2,1-5H3,(H,94,95)(H,96,97)/t81?,82-,83-,84-/m1/s1. The Morgan fingerprint density at radius 3 is 0.664 bits per heavy atom. The van der Waals surface area contributed by atoms with E-state index >= 15 is 0 Å². The summed E-state index contributed by atoms with van der Waals surface area (Å²) in [6, 6.07) is 0. The maximum absolute atomic E-state index is 13.2. The number of hydrogen-bond donors (Lipinski definition) is 3. The van der Waals surface area contributed by atoms with Gasteiger partial charge in [0, 0.05) is 25.7 Å². The van der Waals surface area contributed by atoms with E-state index in [-0.39, 0.29) is 25.7 Å². The third-order valence-electron chi connectivity index (χ3n) is 21.1. The SMILES string of the molecule is CCCCCCCCCCCCCCCCCCCCCCCC(=O)O[C@H](COC(=O)CCCCCCCCCCCCCCCCCCCCCC)COP(=O)(O)OC[C@@H](O)COP(=O)(O)OC[C@@H](COC(=O)CCCCCCCCC(C)CC)OC(=O)CCCCCCCCCCCCCCCCCC. The van der Waals surface area contributed by atoms with Crippen LogP contribution in [0.5, 0.6) is 0 Å². The van der Waals surface area contributed by atoms with Crippen LogP contribution in [0.15, 0.2) is 0 Å². The Hall–Kier alpha value is -1.94. The van der Waals surface area contributed by atoms with Gasteiger partial charge in [-0.3, -0.25) is 37.3 Å². The van der Waals surface area contributed by atoms with Crippen molar-refractivity contribution in [2.24, 2.45) is 5.92 Å². The van der Waals surface area contributed by atoms with Gasteiger partial charge in [0.15, 0.2) is 12.2 Å². The van der Waals surface area contributed by atoms with E-state index < -0.39 is 97.5 Å². The highest BCUT2D eigenvalue weighted by atomic mass is 31.2. The zero-order chi connectivity index (χ0) is 78.3. The Bertz CT molecular complexity index is 2030. The first-order valence-corrected chi connectivity index (χ1v) is 48.7. The number of aliphatic hydroxyl groups is 1. The first kappa shape index (κ1) is 105. The molecule has 0 radical (unpaired) electrons. The molecule has 19 heteroatoms. The molecule has 0 saturated carbocycles. The van der Waals surface area contributed by atoms with Crippen molar-refractivity contribution in [1.29, 1.82) is 0 Å². The molecule has 0 heterocycles. The number of phosphoric acid groups is 2. The van der Waals surface area contributed by atoms with Gasteiger partial charge in [-0.25, -0.2) is 9.13 Å². The molecular formula is C88H172O17P2. The molecule has 0 fully saturated rings. The molecule has 6 atom stereocenters. The van der Waals surface area contributed by atoms with Crippen molar-refractivity contribution in [3.8, 4) is 0 Å². The lowest BCUT2D eigenvalue weighted by atomic mass is 10.00. The Kier molecular flexibility index (Phi) is 79.2. The third kappa shape index (κ3) is 80.5. The summed E-state index contributed by atoms with van der Waals surface area (Å²) in [4.78, 5) is 73.3. The number of esters is 4. The van der Waals surface area contributed by atoms with E-state index in [9.17, 15) is 43.2 Å². The van der Waals surface area contributed by atoms with Gasteiger partial charge in [0.2, 0.25) is 0 Å². The fourth-order valence-electron chi connectivity index (χ4n) is 13.8. The number of phosphoric ester groups is 2. The Labute approximate surface area is 658 Å². The van der Waals surface area contributed by atoms with Gasteiger partial charge in [0.05, 0.1) is 26.4 Å². The maximum Gasteiger partial charge on any atom is 0.472 e. The monoisotopic (exact) mass is 1560 g/mol. The van der Waals surface area contributed by atoms with Gasteiger partial charge in [-0.15, -0.1) is 0 Å². The fourth-order valence-corrected chi connectivity index (χ4v) is 15.4. The van der Waals surface area contributed by atoms with Crippen LogP contribution >= 0.6 is 15.6 Å². The summed E-state index contributed by atoms with van der Waals surface area (Å²) in [5.41, 5.74) is 0. The molecule has 0 aliphatic rings. The van der Waals surface area contributed by atoms with Crippen LogP contribution in [-0.4, -0.2) is 96.7 Å². The van der Waals surface area contributed by atoms with E-state index in [1.807, 2.05) is 0 Å². The van der Waals surface area contributed by atoms with E-state index in [1.165, 1.54) is 295 Å². The van der Waals surface area contributed by atoms with E-state index in [0.717, 1.165) is 102 Å². The summed E-state index contributed by atoms with van der Waals surface area (Å²) in [6.45, 7) is 7.34. The van der Waals surface area contributed by atoms with Crippen molar-refractivity contribution in [2.45, 2.75) is 496 Å². The first-order chi connectivity index (χ1) is 52.1. The van der Waals surface area contributed by atoms with Crippen LogP contribution in [0.25, 0.3) is 0 Å². The van der Waals surface area contributed by atoms with Crippen LogP contribution < -0.4 is 0 Å². The van der Waals surface area contributed by atoms with Crippen molar-refractivity contribution in [2.75, 3.05) is 39.6 Å². The molecule has 0 rings (SSSR count). The van der Waals surface area contributed by atoms with Crippen LogP contribution in [0.3, 0.4) is 0 Å². The van der Waals surface area contributed by atoms with Crippen LogP contribution in [0.4, 0.5) is 0 Å². The molecule has 0 saturated heterocycles. The second kappa shape index (κ2) is 80.7. The number of hydrogen-bond acceptors (Lipinski definition) is 15. The highest BCUT2D eigenvalue weighted by molar-refractivity contribution is 7.47. The molecule has 17 nitrogen and oxygen atoms in total. The van der Waals surface area contributed by atoms with Crippen molar-refractivity contribution in [3.63, 3.8) is 0 Å². The lowest BCUT2D eigenvalue weighted by Gasteiger charge is -2.21. The molecule has 0 aromatic rings. The molecule has 0 aliphatic heterocycles. The number of ether oxygens (including phenoxy) is 4. The first-order valence-electron chi connectivity index (χ1n) is 45.7. The molecule has 636 valence electrons. The highest BCUT2D eigenvalue weighted by Crippen LogP contribution is 2.45. The number of aliphatic hydroxyl groups excluding tert-OH is 1. The maximum atomic E-state index is 13.2. The van der Waals surface area contributed by atoms with Crippen molar-refractivity contribution < 1.29 is 80.2 Å². The van der Waals surface area contributed by atoms with E-state index in [2.05, 4.69) is 34.6 Å². The molecule has 3 unspecified atom stereocenters. The van der Waals surface area contributed by atoms with Gasteiger partial charge in [0.25, 0.3) is 0 Å². The molecule has 107 heavy (non-hydrogen) atoms. The van der Waals surface area contributed by atoms with Crippen molar-refractivity contribution in [3.05, 3.63) is 0 Å². The minimum absolute atomic E-state index is 0.108. The van der Waals surface area contributed by atoms with E-state index in [4.69, 9.17) is 37.0 Å². The Morgan fingerprint density at radius 2 is 0.449 bits per heavy atom. The van der Waals surface area contributed by atoms with Crippen LogP contribution in [0.2, 0.25) is 0 Å². The molecular weight excluding hydrogens is 1390 g/mol. The molecule has 0 aromatic heterocycles. The van der Waals surface area contributed by atoms with Gasteiger partial charge in [-0.2, -0.15) is 0 Å². The zero-order valence-corrected chi connectivity index (χ0v) is 72.1. The minimum Gasteiger partial charge on any atom is -0.462 e. The van der Waals surface area contributed by atoms with E-state index in [1.54, 1.807) is 0 Å². The third-order valence-corrected chi connectivity index (χ3v) is 23.0. The summed E-state index contributed by atoms with van der Waals surface area (Å²) in [6.07, 6.45) is 75.2. The van der Waals surface area contributed by atoms with Crippen LogP contribution in [0.1, 0.15) is 478 Å². The summed E-state index contributed by atoms with van der Waals surface area (Å²) < 4.78 is 68.9. The molecule has 3 N–H and O–H groups in total. The van der Waals surface area contributed by atoms with Gasteiger partial charge in [-0.1, -0.05) is 426 Å². The second-order valence-electron chi connectivity index (χ2n) is 31.9. The smallest absolute Gasteiger partial charge is 0.462 e. The summed E-state index contributed by atoms with van der Waals surface area (Å²) in [7, 11) is -9.93. The largest absolute Gasteiger partial charge is 0.472 e.